The third kappa shape index (κ3) is 4.03. The number of rotatable bonds is 5. The van der Waals surface area contributed by atoms with Gasteiger partial charge in [-0.25, -0.2) is 0 Å². The molecule has 0 radical (unpaired) electrons. The second kappa shape index (κ2) is 7.17. The number of benzene rings is 1. The van der Waals surface area contributed by atoms with Crippen molar-refractivity contribution in [1.29, 1.82) is 0 Å². The van der Waals surface area contributed by atoms with Gasteiger partial charge in [-0.2, -0.15) is 10.2 Å². The molecule has 0 bridgehead atoms. The molecule has 1 aromatic carbocycles. The summed E-state index contributed by atoms with van der Waals surface area (Å²) >= 11 is 0. The van der Waals surface area contributed by atoms with Crippen LogP contribution in [-0.4, -0.2) is 25.5 Å². The number of carbonyl (C=O) groups is 1. The number of nitrogens with zero attached hydrogens (tertiary/aromatic N) is 4. The quantitative estimate of drug-likeness (QED) is 0.729. The monoisotopic (exact) mass is 335 g/mol. The van der Waals surface area contributed by atoms with E-state index in [4.69, 9.17) is 0 Å². The van der Waals surface area contributed by atoms with Crippen LogP contribution in [0.15, 0.2) is 48.8 Å². The molecule has 0 saturated heterocycles. The van der Waals surface area contributed by atoms with Crippen molar-refractivity contribution in [3.05, 3.63) is 71.3 Å². The topological polar surface area (TPSA) is 64.7 Å². The predicted molar refractivity (Wildman–Crippen MR) is 98.1 cm³/mol. The fourth-order valence-corrected chi connectivity index (χ4v) is 2.65. The number of nitrogens with one attached hydrogen (secondary N) is 1. The highest BCUT2D eigenvalue weighted by Crippen LogP contribution is 2.20. The van der Waals surface area contributed by atoms with E-state index in [1.165, 1.54) is 11.6 Å². The lowest BCUT2D eigenvalue weighted by atomic mass is 10.2. The number of carbonyl (C=O) groups excluding carboxylic acids is 1. The van der Waals surface area contributed by atoms with Gasteiger partial charge in [0.15, 0.2) is 0 Å². The molecular weight excluding hydrogens is 314 g/mol. The van der Waals surface area contributed by atoms with Gasteiger partial charge < -0.3 is 5.32 Å². The maximum absolute atomic E-state index is 12.2. The highest BCUT2D eigenvalue weighted by atomic mass is 16.1. The molecule has 0 atom stereocenters. The highest BCUT2D eigenvalue weighted by Gasteiger charge is 2.13. The lowest BCUT2D eigenvalue weighted by molar-refractivity contribution is -0.111. The molecule has 128 valence electrons. The molecule has 6 nitrogen and oxygen atoms in total. The van der Waals surface area contributed by atoms with Crippen LogP contribution in [0.4, 0.5) is 5.69 Å². The van der Waals surface area contributed by atoms with Gasteiger partial charge in [0.1, 0.15) is 0 Å². The van der Waals surface area contributed by atoms with Crippen LogP contribution < -0.4 is 5.32 Å². The minimum absolute atomic E-state index is 0.186. The molecule has 0 unspecified atom stereocenters. The molecule has 0 spiro atoms. The van der Waals surface area contributed by atoms with Gasteiger partial charge in [0.25, 0.3) is 0 Å². The van der Waals surface area contributed by atoms with E-state index in [1.807, 2.05) is 50.0 Å². The van der Waals surface area contributed by atoms with Crippen LogP contribution in [0.5, 0.6) is 0 Å². The van der Waals surface area contributed by atoms with Crippen LogP contribution >= 0.6 is 0 Å². The number of hydrogen-bond donors (Lipinski definition) is 1. The summed E-state index contributed by atoms with van der Waals surface area (Å²) in [6.45, 7) is 4.53. The normalized spacial score (nSPS) is 11.2. The minimum atomic E-state index is -0.186. The molecule has 6 heteroatoms. The third-order valence-electron chi connectivity index (χ3n) is 3.96. The third-order valence-corrected chi connectivity index (χ3v) is 3.96. The molecule has 0 aliphatic heterocycles. The van der Waals surface area contributed by atoms with Crippen LogP contribution in [0, 0.1) is 13.8 Å². The Bertz CT molecular complexity index is 905. The second-order valence-corrected chi connectivity index (χ2v) is 5.96. The predicted octanol–water partition coefficient (Wildman–Crippen LogP) is 2.93. The van der Waals surface area contributed by atoms with E-state index >= 15 is 0 Å². The Morgan fingerprint density at radius 1 is 1.24 bits per heavy atom. The SMILES string of the molecule is Cc1nn(Cc2ccccc2)c(C)c1NC(=O)/C=C/c1cnn(C)c1. The van der Waals surface area contributed by atoms with Crippen LogP contribution in [0.25, 0.3) is 6.08 Å². The first-order chi connectivity index (χ1) is 12.0. The van der Waals surface area contributed by atoms with Gasteiger partial charge in [-0.05, 0) is 25.5 Å². The Hall–Kier alpha value is -3.15. The van der Waals surface area contributed by atoms with Crippen molar-refractivity contribution < 1.29 is 4.79 Å². The summed E-state index contributed by atoms with van der Waals surface area (Å²) in [7, 11) is 1.84. The zero-order chi connectivity index (χ0) is 17.8. The first-order valence-corrected chi connectivity index (χ1v) is 8.08. The number of aryl methyl sites for hydroxylation is 2. The Morgan fingerprint density at radius 3 is 2.68 bits per heavy atom. The van der Waals surface area contributed by atoms with E-state index in [-0.39, 0.29) is 5.91 Å². The van der Waals surface area contributed by atoms with Gasteiger partial charge in [0.2, 0.25) is 5.91 Å². The maximum Gasteiger partial charge on any atom is 0.248 e. The van der Waals surface area contributed by atoms with Gasteiger partial charge in [0, 0.05) is 24.9 Å². The summed E-state index contributed by atoms with van der Waals surface area (Å²) in [5, 5.41) is 11.5. The van der Waals surface area contributed by atoms with Crippen molar-refractivity contribution in [3.8, 4) is 0 Å². The number of aromatic nitrogens is 4. The summed E-state index contributed by atoms with van der Waals surface area (Å²) in [4.78, 5) is 12.2. The van der Waals surface area contributed by atoms with Crippen LogP contribution in [0.2, 0.25) is 0 Å². The lowest BCUT2D eigenvalue weighted by Gasteiger charge is -2.06. The first kappa shape index (κ1) is 16.7. The van der Waals surface area contributed by atoms with Gasteiger partial charge in [-0.3, -0.25) is 14.2 Å². The summed E-state index contributed by atoms with van der Waals surface area (Å²) in [5.74, 6) is -0.186. The molecule has 3 rings (SSSR count). The van der Waals surface area contributed by atoms with Crippen LogP contribution in [0.1, 0.15) is 22.5 Å². The maximum atomic E-state index is 12.2. The Balaban J connectivity index is 1.72. The fraction of sp³-hybridized carbons (Fsp3) is 0.211. The molecular formula is C19H21N5O. The van der Waals surface area contributed by atoms with Crippen molar-refractivity contribution in [2.75, 3.05) is 5.32 Å². The van der Waals surface area contributed by atoms with Gasteiger partial charge in [0.05, 0.1) is 29.8 Å². The molecule has 2 heterocycles. The van der Waals surface area contributed by atoms with E-state index in [1.54, 1.807) is 17.0 Å². The van der Waals surface area contributed by atoms with E-state index in [9.17, 15) is 4.79 Å². The average molecular weight is 335 g/mol. The minimum Gasteiger partial charge on any atom is -0.319 e. The van der Waals surface area contributed by atoms with E-state index in [0.29, 0.717) is 6.54 Å². The Labute approximate surface area is 146 Å². The van der Waals surface area contributed by atoms with Gasteiger partial charge in [-0.15, -0.1) is 0 Å². The van der Waals surface area contributed by atoms with Gasteiger partial charge in [-0.1, -0.05) is 30.3 Å². The summed E-state index contributed by atoms with van der Waals surface area (Å²) in [6.07, 6.45) is 6.79. The van der Waals surface area contributed by atoms with Crippen molar-refractivity contribution >= 4 is 17.7 Å². The Kier molecular flexibility index (Phi) is 4.79. The zero-order valence-corrected chi connectivity index (χ0v) is 14.6. The fourth-order valence-electron chi connectivity index (χ4n) is 2.65. The smallest absolute Gasteiger partial charge is 0.248 e. The van der Waals surface area contributed by atoms with Crippen molar-refractivity contribution in [3.63, 3.8) is 0 Å². The summed E-state index contributed by atoms with van der Waals surface area (Å²) < 4.78 is 3.60. The summed E-state index contributed by atoms with van der Waals surface area (Å²) in [5.41, 5.74) is 4.55. The largest absolute Gasteiger partial charge is 0.319 e. The van der Waals surface area contributed by atoms with Crippen molar-refractivity contribution in [1.82, 2.24) is 19.6 Å². The highest BCUT2D eigenvalue weighted by molar-refractivity contribution is 6.02. The first-order valence-electron chi connectivity index (χ1n) is 8.08. The molecule has 0 saturated carbocycles. The second-order valence-electron chi connectivity index (χ2n) is 5.96. The molecule has 1 amide bonds. The van der Waals surface area contributed by atoms with Crippen molar-refractivity contribution in [2.24, 2.45) is 7.05 Å². The lowest BCUT2D eigenvalue weighted by Crippen LogP contribution is -2.10. The number of amides is 1. The van der Waals surface area contributed by atoms with E-state index in [0.717, 1.165) is 22.6 Å². The average Bonchev–Trinajstić information content (AvgIpc) is 3.12. The van der Waals surface area contributed by atoms with E-state index in [2.05, 4.69) is 27.6 Å². The molecule has 3 aromatic rings. The summed E-state index contributed by atoms with van der Waals surface area (Å²) in [6, 6.07) is 10.1. The number of anilines is 1. The Morgan fingerprint density at radius 2 is 2.00 bits per heavy atom. The molecule has 2 aromatic heterocycles. The van der Waals surface area contributed by atoms with Gasteiger partial charge >= 0.3 is 0 Å². The molecule has 25 heavy (non-hydrogen) atoms. The van der Waals surface area contributed by atoms with Crippen molar-refractivity contribution in [2.45, 2.75) is 20.4 Å². The van der Waals surface area contributed by atoms with Crippen LogP contribution in [-0.2, 0) is 18.4 Å². The number of hydrogen-bond acceptors (Lipinski definition) is 3. The zero-order valence-electron chi connectivity index (χ0n) is 14.6. The van der Waals surface area contributed by atoms with Crippen LogP contribution in [0.3, 0.4) is 0 Å². The van der Waals surface area contributed by atoms with E-state index < -0.39 is 0 Å². The standard InChI is InChI=1S/C19H21N5O/c1-14-19(21-18(25)10-9-17-11-20-23(3)12-17)15(2)24(22-14)13-16-7-5-4-6-8-16/h4-12H,13H2,1-3H3,(H,21,25)/b10-9+. The molecule has 0 aliphatic rings. The molecule has 1 N–H and O–H groups in total. The molecule has 0 aliphatic carbocycles. The molecule has 0 fully saturated rings.